The van der Waals surface area contributed by atoms with Crippen LogP contribution in [0.5, 0.6) is 0 Å². The van der Waals surface area contributed by atoms with E-state index in [1.807, 2.05) is 42.6 Å². The first-order valence-electron chi connectivity index (χ1n) is 12.5. The minimum Gasteiger partial charge on any atom is -0.305 e. The summed E-state index contributed by atoms with van der Waals surface area (Å²) in [5, 5.41) is 1.56. The monoisotopic (exact) mass is 653 g/mol. The zero-order valence-electron chi connectivity index (χ0n) is 20.6. The second-order valence-electron chi connectivity index (χ2n) is 9.90. The molecule has 1 aliphatic carbocycles. The van der Waals surface area contributed by atoms with E-state index < -0.39 is 8.07 Å². The summed E-state index contributed by atoms with van der Waals surface area (Å²) in [6.07, 6.45) is 10.6. The maximum absolute atomic E-state index is 4.66. The van der Waals surface area contributed by atoms with Gasteiger partial charge >= 0.3 is 0 Å². The van der Waals surface area contributed by atoms with E-state index in [-0.39, 0.29) is 20.1 Å². The van der Waals surface area contributed by atoms with E-state index in [9.17, 15) is 0 Å². The van der Waals surface area contributed by atoms with Crippen LogP contribution < -0.4 is 5.19 Å². The minimum absolute atomic E-state index is 0. The molecule has 0 spiro atoms. The fourth-order valence-corrected chi connectivity index (χ4v) is 8.53. The first kappa shape index (κ1) is 25.7. The van der Waals surface area contributed by atoms with E-state index in [4.69, 9.17) is 0 Å². The predicted octanol–water partition coefficient (Wildman–Crippen LogP) is 6.97. The molecule has 4 aromatic rings. The Morgan fingerprint density at radius 1 is 0.743 bits per heavy atom. The van der Waals surface area contributed by atoms with Gasteiger partial charge in [-0.05, 0) is 54.7 Å². The van der Waals surface area contributed by atoms with Crippen LogP contribution in [0.15, 0.2) is 73.1 Å². The molecule has 2 aromatic heterocycles. The van der Waals surface area contributed by atoms with Crippen LogP contribution in [0, 0.1) is 19.1 Å². The molecular weight excluding hydrogens is 621 g/mol. The Kier molecular flexibility index (Phi) is 8.49. The third-order valence-electron chi connectivity index (χ3n) is 7.41. The van der Waals surface area contributed by atoms with Gasteiger partial charge in [-0.3, -0.25) is 0 Å². The summed E-state index contributed by atoms with van der Waals surface area (Å²) in [5.74, 6) is 0. The maximum atomic E-state index is 4.66. The molecule has 0 amide bonds. The Labute approximate surface area is 224 Å². The molecule has 1 fully saturated rings. The van der Waals surface area contributed by atoms with Crippen LogP contribution in [0.25, 0.3) is 22.5 Å². The van der Waals surface area contributed by atoms with Gasteiger partial charge in [0.05, 0.1) is 8.07 Å². The third kappa shape index (κ3) is 5.89. The Balaban J connectivity index is 0.000000161. The number of benzene rings is 2. The summed E-state index contributed by atoms with van der Waals surface area (Å²) >= 11 is 0. The van der Waals surface area contributed by atoms with Crippen LogP contribution >= 0.6 is 0 Å². The molecule has 0 bridgehead atoms. The second kappa shape index (κ2) is 11.6. The molecule has 2 aliphatic rings. The molecule has 6 rings (SSSR count). The first-order valence-corrected chi connectivity index (χ1v) is 15.4. The summed E-state index contributed by atoms with van der Waals surface area (Å²) in [4.78, 5) is 9.19. The van der Waals surface area contributed by atoms with E-state index in [0.29, 0.717) is 0 Å². The van der Waals surface area contributed by atoms with Gasteiger partial charge in [-0.1, -0.05) is 48.3 Å². The molecule has 4 heteroatoms. The van der Waals surface area contributed by atoms with Gasteiger partial charge < -0.3 is 9.97 Å². The number of rotatable bonds is 3. The molecular formula is C31H32IrN2Si-2. The van der Waals surface area contributed by atoms with Crippen LogP contribution in [-0.2, 0) is 32.9 Å². The van der Waals surface area contributed by atoms with Gasteiger partial charge in [0, 0.05) is 32.5 Å². The molecule has 0 saturated carbocycles. The van der Waals surface area contributed by atoms with E-state index in [1.165, 1.54) is 60.9 Å². The van der Waals surface area contributed by atoms with E-state index in [2.05, 4.69) is 66.0 Å². The van der Waals surface area contributed by atoms with Crippen molar-refractivity contribution in [3.8, 4) is 22.5 Å². The molecule has 1 aliphatic heterocycles. The number of pyridine rings is 2. The fraction of sp³-hybridized carbons (Fsp3) is 0.290. The quantitative estimate of drug-likeness (QED) is 0.177. The Hall–Kier alpha value is -2.39. The van der Waals surface area contributed by atoms with Gasteiger partial charge in [0.1, 0.15) is 0 Å². The van der Waals surface area contributed by atoms with E-state index in [1.54, 1.807) is 5.19 Å². The molecule has 0 atom stereocenters. The molecule has 2 aromatic carbocycles. The molecule has 2 nitrogen and oxygen atoms in total. The van der Waals surface area contributed by atoms with Crippen molar-refractivity contribution in [1.82, 2.24) is 9.97 Å². The van der Waals surface area contributed by atoms with Gasteiger partial charge in [-0.2, -0.15) is 0 Å². The van der Waals surface area contributed by atoms with E-state index >= 15 is 0 Å². The number of hydrogen-bond acceptors (Lipinski definition) is 2. The number of hydrogen-bond donors (Lipinski definition) is 0. The minimum atomic E-state index is -1.11. The number of aromatic nitrogens is 2. The molecule has 35 heavy (non-hydrogen) atoms. The van der Waals surface area contributed by atoms with Crippen molar-refractivity contribution in [3.05, 3.63) is 102 Å². The molecule has 1 saturated heterocycles. The van der Waals surface area contributed by atoms with Crippen molar-refractivity contribution in [3.63, 3.8) is 0 Å². The van der Waals surface area contributed by atoms with Crippen molar-refractivity contribution in [2.75, 3.05) is 0 Å². The zero-order chi connectivity index (χ0) is 23.4. The van der Waals surface area contributed by atoms with Gasteiger partial charge in [0.15, 0.2) is 0 Å². The SMILES string of the molecule is Cc1cc(-c2[c-]cccc2)ncc1[Si]1(C)CCC1.[Ir].[c-]1ccccc1-c1cc2c(cn1)CCCC2. The topological polar surface area (TPSA) is 25.8 Å². The number of aryl methyl sites for hydroxylation is 3. The molecule has 1 radical (unpaired) electrons. The molecule has 181 valence electrons. The van der Waals surface area contributed by atoms with Gasteiger partial charge in [-0.15, -0.1) is 71.8 Å². The summed E-state index contributed by atoms with van der Waals surface area (Å²) in [7, 11) is -1.11. The standard InChI is InChI=1S/C16H18NSi.C15H14N.Ir/c1-13-11-15(14-7-4-3-5-8-14)17-12-16(13)18(2)9-6-10-18;1-2-6-12(7-3-1)15-10-13-8-4-5-9-14(13)11-16-15;/h3-5,7,11-12H,6,9-10H2,1-2H3;1-3,6,10-11H,4-5,8-9H2;/q2*-1;. The fourth-order valence-electron chi connectivity index (χ4n) is 5.18. The van der Waals surface area contributed by atoms with Crippen molar-refractivity contribution in [2.45, 2.75) is 57.7 Å². The smallest absolute Gasteiger partial charge is 0.0859 e. The second-order valence-corrected chi connectivity index (χ2v) is 14.6. The van der Waals surface area contributed by atoms with Crippen LogP contribution in [0.2, 0.25) is 18.6 Å². The summed E-state index contributed by atoms with van der Waals surface area (Å²) < 4.78 is 0. The zero-order valence-corrected chi connectivity index (χ0v) is 24.0. The number of fused-ring (bicyclic) bond motifs is 1. The Bertz CT molecular complexity index is 1250. The summed E-state index contributed by atoms with van der Waals surface area (Å²) in [6.45, 7) is 4.73. The van der Waals surface area contributed by atoms with Gasteiger partial charge in [0.2, 0.25) is 0 Å². The van der Waals surface area contributed by atoms with Crippen molar-refractivity contribution < 1.29 is 20.1 Å². The molecule has 0 N–H and O–H groups in total. The van der Waals surface area contributed by atoms with Crippen molar-refractivity contribution in [2.24, 2.45) is 0 Å². The predicted molar refractivity (Wildman–Crippen MR) is 144 cm³/mol. The summed E-state index contributed by atoms with van der Waals surface area (Å²) in [5.41, 5.74) is 8.63. The Morgan fingerprint density at radius 2 is 1.34 bits per heavy atom. The van der Waals surface area contributed by atoms with Gasteiger partial charge in [0.25, 0.3) is 0 Å². The van der Waals surface area contributed by atoms with Gasteiger partial charge in [-0.25, -0.2) is 0 Å². The van der Waals surface area contributed by atoms with Crippen LogP contribution in [0.1, 0.15) is 36.0 Å². The molecule has 3 heterocycles. The maximum Gasteiger partial charge on any atom is 0.0859 e. The molecule has 0 unspecified atom stereocenters. The normalized spacial score (nSPS) is 15.5. The summed E-state index contributed by atoms with van der Waals surface area (Å²) in [6, 6.07) is 29.9. The third-order valence-corrected chi connectivity index (χ3v) is 12.2. The largest absolute Gasteiger partial charge is 0.305 e. The van der Waals surface area contributed by atoms with Crippen molar-refractivity contribution in [1.29, 1.82) is 0 Å². The van der Waals surface area contributed by atoms with Crippen LogP contribution in [0.4, 0.5) is 0 Å². The first-order chi connectivity index (χ1) is 16.6. The van der Waals surface area contributed by atoms with Crippen molar-refractivity contribution >= 4 is 13.3 Å². The Morgan fingerprint density at radius 3 is 1.89 bits per heavy atom. The average molecular weight is 653 g/mol. The van der Waals surface area contributed by atoms with E-state index in [0.717, 1.165) is 22.5 Å². The average Bonchev–Trinajstić information content (AvgIpc) is 2.88. The number of nitrogens with zero attached hydrogens (tertiary/aromatic N) is 2. The van der Waals surface area contributed by atoms with Crippen LogP contribution in [-0.4, -0.2) is 18.0 Å². The van der Waals surface area contributed by atoms with Crippen LogP contribution in [0.3, 0.4) is 0 Å².